The summed E-state index contributed by atoms with van der Waals surface area (Å²) in [4.78, 5) is 44.7. The van der Waals surface area contributed by atoms with Crippen LogP contribution in [0.5, 0.6) is 5.75 Å². The third-order valence-corrected chi connectivity index (χ3v) is 7.84. The number of nitrogens with one attached hydrogen (secondary N) is 1. The summed E-state index contributed by atoms with van der Waals surface area (Å²) in [5, 5.41) is 12.4. The summed E-state index contributed by atoms with van der Waals surface area (Å²) in [6.45, 7) is 4.40. The van der Waals surface area contributed by atoms with E-state index in [1.807, 2.05) is 24.1 Å². The van der Waals surface area contributed by atoms with Crippen molar-refractivity contribution >= 4 is 29.4 Å². The van der Waals surface area contributed by atoms with Gasteiger partial charge in [0.1, 0.15) is 23.6 Å². The molecule has 2 aliphatic rings. The summed E-state index contributed by atoms with van der Waals surface area (Å²) in [5.74, 6) is 0.601. The molecule has 2 saturated heterocycles. The lowest BCUT2D eigenvalue weighted by atomic mass is 9.93. The molecule has 1 unspecified atom stereocenters. The number of morpholine rings is 1. The van der Waals surface area contributed by atoms with E-state index < -0.39 is 0 Å². The van der Waals surface area contributed by atoms with Gasteiger partial charge in [0.25, 0.3) is 5.91 Å². The summed E-state index contributed by atoms with van der Waals surface area (Å²) >= 11 is 0. The van der Waals surface area contributed by atoms with Crippen molar-refractivity contribution in [3.63, 3.8) is 0 Å². The fourth-order valence-corrected chi connectivity index (χ4v) is 5.53. The molecule has 3 aromatic rings. The number of amides is 2. The van der Waals surface area contributed by atoms with E-state index in [0.717, 1.165) is 5.56 Å². The maximum absolute atomic E-state index is 13.8. The van der Waals surface area contributed by atoms with Crippen molar-refractivity contribution in [2.24, 2.45) is 5.73 Å². The zero-order chi connectivity index (χ0) is 30.7. The Kier molecular flexibility index (Phi) is 8.81. The lowest BCUT2D eigenvalue weighted by Crippen LogP contribution is -2.49. The highest BCUT2D eigenvalue weighted by molar-refractivity contribution is 5.98. The Morgan fingerprint density at radius 3 is 2.53 bits per heavy atom. The maximum Gasteiger partial charge on any atom is 0.283 e. The summed E-state index contributed by atoms with van der Waals surface area (Å²) < 4.78 is 18.0. The molecule has 2 aliphatic heterocycles. The standard InChI is InChI=1S/C30H37N7O6/c1-19-14-23(18-43-19)30(40)37-29(34(2)15-20-4-6-21(7-5-20)28(31)32)27(41-3)26(33-37)22-8-9-24(38)36(16-22)17-25(39)35-10-12-42-13-11-35/h4-7,14,18,22H,8-13,15-17H2,1-3H3,(H3,31,32). The molecule has 13 heteroatoms. The van der Waals surface area contributed by atoms with E-state index in [-0.39, 0.29) is 49.0 Å². The Morgan fingerprint density at radius 2 is 1.91 bits per heavy atom. The number of piperidine rings is 1. The number of aryl methyl sites for hydroxylation is 1. The van der Waals surface area contributed by atoms with Crippen LogP contribution in [0.1, 0.15) is 51.7 Å². The zero-order valence-electron chi connectivity index (χ0n) is 24.7. The first-order valence-electron chi connectivity index (χ1n) is 14.2. The van der Waals surface area contributed by atoms with E-state index in [0.29, 0.717) is 73.4 Å². The quantitative estimate of drug-likeness (QED) is 0.280. The first-order chi connectivity index (χ1) is 20.7. The fourth-order valence-electron chi connectivity index (χ4n) is 5.53. The molecule has 0 spiro atoms. The number of methoxy groups -OCH3 is 1. The molecule has 5 rings (SSSR count). The molecule has 0 bridgehead atoms. The molecule has 0 saturated carbocycles. The summed E-state index contributed by atoms with van der Waals surface area (Å²) in [6.07, 6.45) is 2.15. The first kappa shape index (κ1) is 29.8. The molecule has 2 amide bonds. The molecule has 0 radical (unpaired) electrons. The summed E-state index contributed by atoms with van der Waals surface area (Å²) in [6, 6.07) is 8.95. The number of aromatic nitrogens is 2. The minimum Gasteiger partial charge on any atom is -0.491 e. The van der Waals surface area contributed by atoms with Gasteiger partial charge in [0, 0.05) is 51.1 Å². The Labute approximate surface area is 249 Å². The molecule has 4 heterocycles. The minimum absolute atomic E-state index is 0.0167. The number of benzene rings is 1. The SMILES string of the molecule is COc1c(C2CCC(=O)N(CC(=O)N3CCOCC3)C2)nn(C(=O)c2coc(C)c2)c1N(C)Cc1ccc(C(=N)N)cc1. The number of likely N-dealkylation sites (tertiary alicyclic amines) is 1. The number of hydrogen-bond donors (Lipinski definition) is 2. The highest BCUT2D eigenvalue weighted by atomic mass is 16.5. The molecular formula is C30H37N7O6. The van der Waals surface area contributed by atoms with Gasteiger partial charge in [-0.05, 0) is 25.0 Å². The highest BCUT2D eigenvalue weighted by Gasteiger charge is 2.36. The van der Waals surface area contributed by atoms with E-state index in [9.17, 15) is 14.4 Å². The normalized spacial score (nSPS) is 17.2. The van der Waals surface area contributed by atoms with Crippen molar-refractivity contribution in [3.8, 4) is 5.75 Å². The van der Waals surface area contributed by atoms with Gasteiger partial charge in [-0.15, -0.1) is 0 Å². The third kappa shape index (κ3) is 6.41. The Bertz CT molecular complexity index is 1510. The van der Waals surface area contributed by atoms with E-state index in [4.69, 9.17) is 30.1 Å². The number of amidine groups is 1. The second-order valence-electron chi connectivity index (χ2n) is 10.9. The van der Waals surface area contributed by atoms with Gasteiger partial charge in [0.15, 0.2) is 11.6 Å². The summed E-state index contributed by atoms with van der Waals surface area (Å²) in [7, 11) is 3.37. The maximum atomic E-state index is 13.8. The molecule has 1 atom stereocenters. The smallest absolute Gasteiger partial charge is 0.283 e. The van der Waals surface area contributed by atoms with Crippen LogP contribution in [0.25, 0.3) is 0 Å². The molecule has 1 aromatic carbocycles. The van der Waals surface area contributed by atoms with E-state index in [1.165, 1.54) is 18.1 Å². The number of hydrogen-bond acceptors (Lipinski definition) is 9. The van der Waals surface area contributed by atoms with Gasteiger partial charge in [-0.2, -0.15) is 9.78 Å². The lowest BCUT2D eigenvalue weighted by Gasteiger charge is -2.34. The number of nitrogen functional groups attached to an aromatic ring is 1. The van der Waals surface area contributed by atoms with Crippen LogP contribution in [0.15, 0.2) is 41.0 Å². The van der Waals surface area contributed by atoms with Gasteiger partial charge in [0.2, 0.25) is 11.8 Å². The number of nitrogens with two attached hydrogens (primary N) is 1. The van der Waals surface area contributed by atoms with Gasteiger partial charge >= 0.3 is 0 Å². The van der Waals surface area contributed by atoms with Gasteiger partial charge in [-0.25, -0.2) is 0 Å². The Hall–Kier alpha value is -4.65. The van der Waals surface area contributed by atoms with Crippen LogP contribution in [-0.4, -0.2) is 96.7 Å². The first-order valence-corrected chi connectivity index (χ1v) is 14.2. The molecule has 228 valence electrons. The fraction of sp³-hybridized carbons (Fsp3) is 0.433. The van der Waals surface area contributed by atoms with Crippen LogP contribution in [0, 0.1) is 12.3 Å². The molecule has 2 aromatic heterocycles. The zero-order valence-corrected chi connectivity index (χ0v) is 24.7. The molecule has 13 nitrogen and oxygen atoms in total. The minimum atomic E-state index is -0.388. The summed E-state index contributed by atoms with van der Waals surface area (Å²) in [5.41, 5.74) is 8.03. The highest BCUT2D eigenvalue weighted by Crippen LogP contribution is 2.40. The number of carbonyl (C=O) groups is 3. The van der Waals surface area contributed by atoms with Crippen molar-refractivity contribution in [2.75, 3.05) is 58.5 Å². The van der Waals surface area contributed by atoms with Crippen molar-refractivity contribution in [2.45, 2.75) is 32.2 Å². The van der Waals surface area contributed by atoms with Crippen molar-refractivity contribution < 1.29 is 28.3 Å². The largest absolute Gasteiger partial charge is 0.491 e. The van der Waals surface area contributed by atoms with E-state index in [1.54, 1.807) is 34.9 Å². The third-order valence-electron chi connectivity index (χ3n) is 7.84. The number of furan rings is 1. The number of ether oxygens (including phenoxy) is 2. The average Bonchev–Trinajstić information content (AvgIpc) is 3.62. The van der Waals surface area contributed by atoms with E-state index >= 15 is 0 Å². The number of nitrogens with zero attached hydrogens (tertiary/aromatic N) is 5. The van der Waals surface area contributed by atoms with Crippen LogP contribution >= 0.6 is 0 Å². The number of rotatable bonds is 9. The molecule has 3 N–H and O–H groups in total. The lowest BCUT2D eigenvalue weighted by molar-refractivity contribution is -0.144. The molecular weight excluding hydrogens is 554 g/mol. The number of carbonyl (C=O) groups excluding carboxylic acids is 3. The topological polar surface area (TPSA) is 160 Å². The van der Waals surface area contributed by atoms with Crippen molar-refractivity contribution in [3.05, 3.63) is 64.7 Å². The van der Waals surface area contributed by atoms with Crippen LogP contribution in [0.3, 0.4) is 0 Å². The van der Waals surface area contributed by atoms with Gasteiger partial charge in [-0.1, -0.05) is 24.3 Å². The Balaban J connectivity index is 1.46. The van der Waals surface area contributed by atoms with Crippen molar-refractivity contribution in [1.82, 2.24) is 19.6 Å². The molecule has 2 fully saturated rings. The predicted molar refractivity (Wildman–Crippen MR) is 157 cm³/mol. The second kappa shape index (κ2) is 12.7. The second-order valence-corrected chi connectivity index (χ2v) is 10.9. The molecule has 43 heavy (non-hydrogen) atoms. The van der Waals surface area contributed by atoms with E-state index in [2.05, 4.69) is 0 Å². The Morgan fingerprint density at radius 1 is 1.19 bits per heavy atom. The monoisotopic (exact) mass is 591 g/mol. The molecule has 0 aliphatic carbocycles. The van der Waals surface area contributed by atoms with Crippen LogP contribution in [0.4, 0.5) is 5.82 Å². The van der Waals surface area contributed by atoms with Crippen LogP contribution < -0.4 is 15.4 Å². The van der Waals surface area contributed by atoms with Gasteiger partial charge in [0.05, 0.1) is 32.4 Å². The van der Waals surface area contributed by atoms with Gasteiger partial charge < -0.3 is 34.3 Å². The van der Waals surface area contributed by atoms with Gasteiger partial charge in [-0.3, -0.25) is 19.8 Å². The number of anilines is 1. The average molecular weight is 592 g/mol. The van der Waals surface area contributed by atoms with Crippen molar-refractivity contribution in [1.29, 1.82) is 5.41 Å². The van der Waals surface area contributed by atoms with Crippen LogP contribution in [-0.2, 0) is 20.9 Å². The predicted octanol–water partition coefficient (Wildman–Crippen LogP) is 1.97. The van der Waals surface area contributed by atoms with Crippen LogP contribution in [0.2, 0.25) is 0 Å².